The Kier molecular flexibility index (Phi) is 4.92. The first-order valence-electron chi connectivity index (χ1n) is 6.93. The Balaban J connectivity index is 1.96. The smallest absolute Gasteiger partial charge is 0.334 e. The van der Waals surface area contributed by atoms with Crippen molar-refractivity contribution in [2.45, 2.75) is 26.1 Å². The predicted octanol–water partition coefficient (Wildman–Crippen LogP) is 3.16. The molecule has 2 rings (SSSR count). The van der Waals surface area contributed by atoms with Crippen LogP contribution in [0.2, 0.25) is 0 Å². The van der Waals surface area contributed by atoms with E-state index in [1.54, 1.807) is 36.0 Å². The monoisotopic (exact) mass is 326 g/mol. The van der Waals surface area contributed by atoms with Gasteiger partial charge in [-0.25, -0.2) is 4.79 Å². The molecule has 0 aliphatic carbocycles. The molecule has 0 fully saturated rings. The molecule has 2 N–H and O–H groups in total. The van der Waals surface area contributed by atoms with E-state index in [9.17, 15) is 18.0 Å². The summed E-state index contributed by atoms with van der Waals surface area (Å²) in [5.41, 5.74) is 1.45. The molecule has 0 unspecified atom stereocenters. The van der Waals surface area contributed by atoms with E-state index in [1.165, 1.54) is 6.07 Å². The van der Waals surface area contributed by atoms with E-state index in [4.69, 9.17) is 0 Å². The second-order valence-corrected chi connectivity index (χ2v) is 5.16. The molecule has 5 nitrogen and oxygen atoms in total. The van der Waals surface area contributed by atoms with E-state index in [0.29, 0.717) is 11.4 Å². The topological polar surface area (TPSA) is 59.0 Å². The van der Waals surface area contributed by atoms with E-state index < -0.39 is 18.6 Å². The molecule has 0 aliphatic rings. The van der Waals surface area contributed by atoms with Crippen LogP contribution in [0.1, 0.15) is 16.8 Å². The highest BCUT2D eigenvalue weighted by Crippen LogP contribution is 2.23. The van der Waals surface area contributed by atoms with Crippen molar-refractivity contribution in [3.05, 3.63) is 47.2 Å². The number of anilines is 1. The van der Waals surface area contributed by atoms with Crippen LogP contribution in [0.5, 0.6) is 0 Å². The standard InChI is InChI=1S/C15H17F3N4O/c1-10-7-13(21-22(10)2)20-14(23)19-9-12-6-4-3-5-11(12)8-15(16,17)18/h3-7H,8-9H2,1-2H3,(H2,19,20,21,23). The van der Waals surface area contributed by atoms with E-state index in [1.807, 2.05) is 6.92 Å². The van der Waals surface area contributed by atoms with E-state index >= 15 is 0 Å². The summed E-state index contributed by atoms with van der Waals surface area (Å²) in [5.74, 6) is 0.381. The highest BCUT2D eigenvalue weighted by Gasteiger charge is 2.28. The van der Waals surface area contributed by atoms with Crippen LogP contribution < -0.4 is 10.6 Å². The largest absolute Gasteiger partial charge is 0.393 e. The first kappa shape index (κ1) is 16.9. The second-order valence-electron chi connectivity index (χ2n) is 5.16. The van der Waals surface area contributed by atoms with Crippen molar-refractivity contribution < 1.29 is 18.0 Å². The average Bonchev–Trinajstić information content (AvgIpc) is 2.74. The molecule has 1 aromatic heterocycles. The average molecular weight is 326 g/mol. The molecule has 8 heteroatoms. The first-order chi connectivity index (χ1) is 10.7. The fourth-order valence-corrected chi connectivity index (χ4v) is 2.08. The van der Waals surface area contributed by atoms with Crippen molar-refractivity contribution in [1.29, 1.82) is 0 Å². The molecule has 0 aliphatic heterocycles. The molecule has 2 aromatic rings. The number of carbonyl (C=O) groups is 1. The molecular weight excluding hydrogens is 309 g/mol. The van der Waals surface area contributed by atoms with E-state index in [0.717, 1.165) is 5.69 Å². The molecular formula is C15H17F3N4O. The lowest BCUT2D eigenvalue weighted by atomic mass is 10.0. The number of rotatable bonds is 4. The summed E-state index contributed by atoms with van der Waals surface area (Å²) < 4.78 is 39.2. The number of nitrogens with one attached hydrogen (secondary N) is 2. The zero-order chi connectivity index (χ0) is 17.0. The minimum atomic E-state index is -4.29. The molecule has 23 heavy (non-hydrogen) atoms. The van der Waals surface area contributed by atoms with Crippen molar-refractivity contribution >= 4 is 11.8 Å². The summed E-state index contributed by atoms with van der Waals surface area (Å²) in [5, 5.41) is 9.14. The highest BCUT2D eigenvalue weighted by atomic mass is 19.4. The zero-order valence-electron chi connectivity index (χ0n) is 12.7. The van der Waals surface area contributed by atoms with E-state index in [-0.39, 0.29) is 12.1 Å². The number of carbonyl (C=O) groups excluding carboxylic acids is 1. The van der Waals surface area contributed by atoms with Gasteiger partial charge in [-0.1, -0.05) is 24.3 Å². The van der Waals surface area contributed by atoms with Gasteiger partial charge in [0, 0.05) is 25.4 Å². The third-order valence-corrected chi connectivity index (χ3v) is 3.30. The molecule has 0 spiro atoms. The lowest BCUT2D eigenvalue weighted by molar-refractivity contribution is -0.127. The molecule has 1 heterocycles. The van der Waals surface area contributed by atoms with Gasteiger partial charge in [-0.3, -0.25) is 10.00 Å². The summed E-state index contributed by atoms with van der Waals surface area (Å²) >= 11 is 0. The Hall–Kier alpha value is -2.51. The lowest BCUT2D eigenvalue weighted by Crippen LogP contribution is -2.29. The second kappa shape index (κ2) is 6.72. The normalized spacial score (nSPS) is 11.3. The number of halogens is 3. The van der Waals surface area contributed by atoms with Gasteiger partial charge in [0.05, 0.1) is 6.42 Å². The van der Waals surface area contributed by atoms with Crippen molar-refractivity contribution in [3.8, 4) is 0 Å². The number of benzene rings is 1. The molecule has 2 amide bonds. The Morgan fingerprint density at radius 1 is 1.26 bits per heavy atom. The number of aromatic nitrogens is 2. The summed E-state index contributed by atoms with van der Waals surface area (Å²) in [4.78, 5) is 11.8. The fraction of sp³-hybridized carbons (Fsp3) is 0.333. The fourth-order valence-electron chi connectivity index (χ4n) is 2.08. The molecule has 0 atom stereocenters. The summed E-state index contributed by atoms with van der Waals surface area (Å²) in [6.07, 6.45) is -5.31. The third-order valence-electron chi connectivity index (χ3n) is 3.30. The summed E-state index contributed by atoms with van der Waals surface area (Å²) in [6, 6.07) is 7.32. The highest BCUT2D eigenvalue weighted by molar-refractivity contribution is 5.88. The molecule has 0 bridgehead atoms. The van der Waals surface area contributed by atoms with Gasteiger partial charge >= 0.3 is 12.2 Å². The van der Waals surface area contributed by atoms with Gasteiger partial charge in [-0.2, -0.15) is 18.3 Å². The maximum absolute atomic E-state index is 12.5. The minimum absolute atomic E-state index is 0.00387. The predicted molar refractivity (Wildman–Crippen MR) is 80.0 cm³/mol. The Morgan fingerprint density at radius 3 is 2.48 bits per heavy atom. The van der Waals surface area contributed by atoms with Crippen LogP contribution in [0.15, 0.2) is 30.3 Å². The molecule has 1 aromatic carbocycles. The summed E-state index contributed by atoms with van der Waals surface area (Å²) in [6.45, 7) is 1.84. The van der Waals surface area contributed by atoms with Crippen LogP contribution >= 0.6 is 0 Å². The van der Waals surface area contributed by atoms with Gasteiger partial charge < -0.3 is 5.32 Å². The number of aryl methyl sites for hydroxylation is 2. The SMILES string of the molecule is Cc1cc(NC(=O)NCc2ccccc2CC(F)(F)F)nn1C. The van der Waals surface area contributed by atoms with Crippen LogP contribution in [-0.2, 0) is 20.0 Å². The van der Waals surface area contributed by atoms with Crippen LogP contribution in [-0.4, -0.2) is 22.0 Å². The lowest BCUT2D eigenvalue weighted by Gasteiger charge is -2.12. The number of nitrogens with zero attached hydrogens (tertiary/aromatic N) is 2. The van der Waals surface area contributed by atoms with Gasteiger partial charge in [0.1, 0.15) is 0 Å². The van der Waals surface area contributed by atoms with Gasteiger partial charge in [0.25, 0.3) is 0 Å². The molecule has 0 radical (unpaired) electrons. The summed E-state index contributed by atoms with van der Waals surface area (Å²) in [7, 11) is 1.74. The minimum Gasteiger partial charge on any atom is -0.334 e. The van der Waals surface area contributed by atoms with Gasteiger partial charge in [0.15, 0.2) is 5.82 Å². The van der Waals surface area contributed by atoms with Gasteiger partial charge in [0.2, 0.25) is 0 Å². The number of amides is 2. The zero-order valence-corrected chi connectivity index (χ0v) is 12.7. The molecule has 0 saturated heterocycles. The van der Waals surface area contributed by atoms with Crippen molar-refractivity contribution in [1.82, 2.24) is 15.1 Å². The van der Waals surface area contributed by atoms with Crippen LogP contribution in [0, 0.1) is 6.92 Å². The Bertz CT molecular complexity index is 675. The Morgan fingerprint density at radius 2 is 1.91 bits per heavy atom. The van der Waals surface area contributed by atoms with Crippen molar-refractivity contribution in [2.75, 3.05) is 5.32 Å². The van der Waals surface area contributed by atoms with Crippen molar-refractivity contribution in [3.63, 3.8) is 0 Å². The van der Waals surface area contributed by atoms with Crippen LogP contribution in [0.4, 0.5) is 23.8 Å². The van der Waals surface area contributed by atoms with Gasteiger partial charge in [-0.05, 0) is 18.1 Å². The number of urea groups is 1. The maximum Gasteiger partial charge on any atom is 0.393 e. The van der Waals surface area contributed by atoms with Gasteiger partial charge in [-0.15, -0.1) is 0 Å². The first-order valence-corrected chi connectivity index (χ1v) is 6.93. The number of hydrogen-bond donors (Lipinski definition) is 2. The number of alkyl halides is 3. The maximum atomic E-state index is 12.5. The van der Waals surface area contributed by atoms with Crippen molar-refractivity contribution in [2.24, 2.45) is 7.05 Å². The number of hydrogen-bond acceptors (Lipinski definition) is 2. The Labute approximate surface area is 131 Å². The van der Waals surface area contributed by atoms with E-state index in [2.05, 4.69) is 15.7 Å². The quantitative estimate of drug-likeness (QED) is 0.907. The van der Waals surface area contributed by atoms with Crippen LogP contribution in [0.3, 0.4) is 0 Å². The molecule has 0 saturated carbocycles. The third kappa shape index (κ3) is 5.01. The molecule has 124 valence electrons. The van der Waals surface area contributed by atoms with Crippen LogP contribution in [0.25, 0.3) is 0 Å².